The minimum absolute atomic E-state index is 0.0232. The molecule has 0 aromatic heterocycles. The summed E-state index contributed by atoms with van der Waals surface area (Å²) in [6.07, 6.45) is 1.05. The fourth-order valence-electron chi connectivity index (χ4n) is 8.82. The normalized spacial score (nSPS) is 27.6. The molecular weight excluding hydrogens is 638 g/mol. The van der Waals surface area contributed by atoms with Crippen molar-refractivity contribution >= 4 is 23.3 Å². The summed E-state index contributed by atoms with van der Waals surface area (Å²) < 4.78 is 11.0. The van der Waals surface area contributed by atoms with E-state index in [0.717, 1.165) is 23.2 Å². The second-order valence-corrected chi connectivity index (χ2v) is 15.2. The largest absolute Gasteiger partial charge is 0.496 e. The number of carbonyl (C=O) groups excluding carboxylic acids is 3. The standard InChI is InChI=1S/C39H55N3O8/c1-9-49-34(46)19-40-38(47)27-13-26(15-29(16-27)41(6)7)30-12-10-11-24(37(30)48-8)20-42-36(35(23(3)44)33(21-43)50-42)32(45)17-25-14-28-18-31(22(25)2)39(28,4)5/h10-13,15-16,22-23,25,28,31,33,35-36,43-44H,9,14,17-21H2,1-8H3,(H,40,47)/t22-,23+,25-,28+,31+,33+,35-,36-/m1/s1. The number of hydrogen-bond donors (Lipinski definition) is 3. The highest BCUT2D eigenvalue weighted by atomic mass is 16.7. The molecule has 0 unspecified atom stereocenters. The van der Waals surface area contributed by atoms with E-state index in [9.17, 15) is 24.6 Å². The van der Waals surface area contributed by atoms with Crippen LogP contribution < -0.4 is 15.0 Å². The molecule has 0 radical (unpaired) electrons. The van der Waals surface area contributed by atoms with Crippen LogP contribution in [0.5, 0.6) is 5.75 Å². The zero-order chi connectivity index (χ0) is 36.5. The van der Waals surface area contributed by atoms with Crippen molar-refractivity contribution < 1.29 is 38.9 Å². The Morgan fingerprint density at radius 1 is 1.16 bits per heavy atom. The van der Waals surface area contributed by atoms with Gasteiger partial charge in [-0.3, -0.25) is 19.2 Å². The maximum atomic E-state index is 14.3. The van der Waals surface area contributed by atoms with E-state index in [-0.39, 0.29) is 38.0 Å². The lowest BCUT2D eigenvalue weighted by atomic mass is 9.43. The number of Topliss-reactive ketones (excluding diaryl/α,β-unsaturated/α-hetero) is 1. The number of aliphatic hydroxyl groups excluding tert-OH is 2. The zero-order valence-corrected chi connectivity index (χ0v) is 30.8. The highest BCUT2D eigenvalue weighted by Crippen LogP contribution is 2.63. The number of ether oxygens (including phenoxy) is 2. The molecule has 274 valence electrons. The number of esters is 1. The Morgan fingerprint density at radius 2 is 1.90 bits per heavy atom. The smallest absolute Gasteiger partial charge is 0.325 e. The van der Waals surface area contributed by atoms with Crippen molar-refractivity contribution in [2.45, 2.75) is 78.7 Å². The van der Waals surface area contributed by atoms with Crippen LogP contribution >= 0.6 is 0 Å². The van der Waals surface area contributed by atoms with E-state index in [1.54, 1.807) is 38.2 Å². The zero-order valence-electron chi connectivity index (χ0n) is 30.8. The first kappa shape index (κ1) is 37.7. The molecule has 4 fully saturated rings. The molecule has 6 rings (SSSR count). The Balaban J connectivity index is 1.44. The van der Waals surface area contributed by atoms with Gasteiger partial charge in [-0.15, -0.1) is 0 Å². The molecule has 11 heteroatoms. The lowest BCUT2D eigenvalue weighted by molar-refractivity contribution is -0.183. The molecule has 1 saturated heterocycles. The summed E-state index contributed by atoms with van der Waals surface area (Å²) in [4.78, 5) is 47.5. The van der Waals surface area contributed by atoms with E-state index in [4.69, 9.17) is 14.3 Å². The van der Waals surface area contributed by atoms with Crippen molar-refractivity contribution in [3.05, 3.63) is 47.5 Å². The molecule has 2 aromatic carbocycles. The molecule has 2 bridgehead atoms. The van der Waals surface area contributed by atoms with Crippen LogP contribution in [0.4, 0.5) is 5.69 Å². The van der Waals surface area contributed by atoms with Gasteiger partial charge < -0.3 is 29.9 Å². The third-order valence-electron chi connectivity index (χ3n) is 11.7. The molecule has 1 aliphatic heterocycles. The molecule has 1 amide bonds. The third kappa shape index (κ3) is 7.42. The Bertz CT molecular complexity index is 1560. The number of ketones is 1. The van der Waals surface area contributed by atoms with Gasteiger partial charge in [-0.05, 0) is 79.5 Å². The number of rotatable bonds is 14. The highest BCUT2D eigenvalue weighted by molar-refractivity contribution is 5.98. The van der Waals surface area contributed by atoms with Gasteiger partial charge in [0, 0.05) is 48.8 Å². The van der Waals surface area contributed by atoms with E-state index in [0.29, 0.717) is 46.5 Å². The summed E-state index contributed by atoms with van der Waals surface area (Å²) in [5, 5.41) is 25.5. The van der Waals surface area contributed by atoms with Crippen molar-refractivity contribution in [3.8, 4) is 16.9 Å². The summed E-state index contributed by atoms with van der Waals surface area (Å²) in [5.74, 6) is 0.962. The predicted octanol–water partition coefficient (Wildman–Crippen LogP) is 4.47. The van der Waals surface area contributed by atoms with Gasteiger partial charge in [0.25, 0.3) is 5.91 Å². The van der Waals surface area contributed by atoms with Crippen molar-refractivity contribution in [3.63, 3.8) is 0 Å². The molecule has 3 aliphatic carbocycles. The first-order valence-electron chi connectivity index (χ1n) is 17.9. The van der Waals surface area contributed by atoms with Crippen LogP contribution in [0.1, 0.15) is 69.8 Å². The van der Waals surface area contributed by atoms with Gasteiger partial charge in [-0.2, -0.15) is 5.06 Å². The fourth-order valence-corrected chi connectivity index (χ4v) is 8.82. The first-order valence-corrected chi connectivity index (χ1v) is 17.9. The van der Waals surface area contributed by atoms with Crippen molar-refractivity contribution in [1.82, 2.24) is 10.4 Å². The van der Waals surface area contributed by atoms with Crippen LogP contribution in [0.3, 0.4) is 0 Å². The summed E-state index contributed by atoms with van der Waals surface area (Å²) in [6.45, 7) is 10.2. The SMILES string of the molecule is CCOC(=O)CNC(=O)c1cc(-c2cccc(CN3O[C@@H](CO)[C@@H]([C@H](C)O)[C@H]3C(=O)C[C@H]3C[C@H]4C[C@@H]([C@@H]3C)C4(C)C)c2OC)cc(N(C)C)c1. The minimum atomic E-state index is -0.877. The van der Waals surface area contributed by atoms with Crippen LogP contribution in [-0.2, 0) is 25.7 Å². The summed E-state index contributed by atoms with van der Waals surface area (Å²) >= 11 is 0. The molecule has 11 nitrogen and oxygen atoms in total. The van der Waals surface area contributed by atoms with E-state index >= 15 is 0 Å². The summed E-state index contributed by atoms with van der Waals surface area (Å²) in [7, 11) is 5.33. The number of carbonyl (C=O) groups is 3. The Hall–Kier alpha value is -3.51. The molecule has 8 atom stereocenters. The van der Waals surface area contributed by atoms with Gasteiger partial charge in [0.05, 0.1) is 33.0 Å². The van der Waals surface area contributed by atoms with Crippen LogP contribution in [0, 0.1) is 35.0 Å². The number of nitrogens with zero attached hydrogens (tertiary/aromatic N) is 2. The number of fused-ring (bicyclic) bond motifs is 2. The van der Waals surface area contributed by atoms with Crippen LogP contribution in [-0.4, -0.2) is 92.1 Å². The Morgan fingerprint density at radius 3 is 2.50 bits per heavy atom. The van der Waals surface area contributed by atoms with E-state index < -0.39 is 36.0 Å². The number of para-hydroxylation sites is 1. The number of anilines is 1. The number of hydrogen-bond acceptors (Lipinski definition) is 10. The molecular formula is C39H55N3O8. The molecule has 50 heavy (non-hydrogen) atoms. The topological polar surface area (TPSA) is 138 Å². The molecule has 3 N–H and O–H groups in total. The monoisotopic (exact) mass is 693 g/mol. The van der Waals surface area contributed by atoms with Crippen molar-refractivity contribution in [2.75, 3.05) is 45.9 Å². The number of aliphatic hydroxyl groups is 2. The second-order valence-electron chi connectivity index (χ2n) is 15.2. The Kier molecular flexibility index (Phi) is 11.6. The second kappa shape index (κ2) is 15.4. The average Bonchev–Trinajstić information content (AvgIpc) is 3.46. The predicted molar refractivity (Wildman–Crippen MR) is 190 cm³/mol. The van der Waals surface area contributed by atoms with Gasteiger partial charge in [-0.25, -0.2) is 0 Å². The fraction of sp³-hybridized carbons (Fsp3) is 0.615. The van der Waals surface area contributed by atoms with E-state index in [1.807, 2.05) is 43.3 Å². The maximum Gasteiger partial charge on any atom is 0.325 e. The van der Waals surface area contributed by atoms with Crippen molar-refractivity contribution in [1.29, 1.82) is 0 Å². The van der Waals surface area contributed by atoms with Gasteiger partial charge in [0.15, 0.2) is 5.78 Å². The molecule has 2 aromatic rings. The van der Waals surface area contributed by atoms with Gasteiger partial charge >= 0.3 is 5.97 Å². The minimum Gasteiger partial charge on any atom is -0.496 e. The average molecular weight is 694 g/mol. The third-order valence-corrected chi connectivity index (χ3v) is 11.7. The lowest BCUT2D eigenvalue weighted by Gasteiger charge is -2.62. The number of nitrogens with one attached hydrogen (secondary N) is 1. The van der Waals surface area contributed by atoms with Crippen LogP contribution in [0.25, 0.3) is 11.1 Å². The number of methoxy groups -OCH3 is 1. The first-order chi connectivity index (χ1) is 23.7. The molecule has 1 heterocycles. The number of hydroxylamine groups is 2. The van der Waals surface area contributed by atoms with Gasteiger partial charge in [0.2, 0.25) is 0 Å². The Labute approximate surface area is 296 Å². The molecule has 3 saturated carbocycles. The summed E-state index contributed by atoms with van der Waals surface area (Å²) in [6, 6.07) is 10.4. The maximum absolute atomic E-state index is 14.3. The van der Waals surface area contributed by atoms with Crippen LogP contribution in [0.2, 0.25) is 0 Å². The van der Waals surface area contributed by atoms with Gasteiger partial charge in [0.1, 0.15) is 24.4 Å². The summed E-state index contributed by atoms with van der Waals surface area (Å²) in [5.41, 5.74) is 3.62. The molecule has 4 aliphatic rings. The van der Waals surface area contributed by atoms with E-state index in [2.05, 4.69) is 26.1 Å². The number of amides is 1. The quantitative estimate of drug-likeness (QED) is 0.243. The highest BCUT2D eigenvalue weighted by Gasteiger charge is 2.57. The van der Waals surface area contributed by atoms with E-state index in [1.165, 1.54) is 6.42 Å². The lowest BCUT2D eigenvalue weighted by Crippen LogP contribution is -2.55. The van der Waals surface area contributed by atoms with Gasteiger partial charge in [-0.1, -0.05) is 39.0 Å². The molecule has 0 spiro atoms. The number of benzene rings is 2. The van der Waals surface area contributed by atoms with Crippen LogP contribution in [0.15, 0.2) is 36.4 Å². The van der Waals surface area contributed by atoms with Crippen molar-refractivity contribution in [2.24, 2.45) is 35.0 Å².